The number of aromatic nitrogens is 4. The SMILES string of the molecule is C[C@@H](Sc1nc2cc(Cl)ccc2c(=O)n1C[C@H]1CCCO1)c1nnc(-c2ccccc2)o1. The van der Waals surface area contributed by atoms with Gasteiger partial charge in [0.1, 0.15) is 0 Å². The van der Waals surface area contributed by atoms with Crippen molar-refractivity contribution in [3.8, 4) is 11.5 Å². The van der Waals surface area contributed by atoms with E-state index in [0.29, 0.717) is 39.4 Å². The maximum atomic E-state index is 13.3. The molecule has 2 aromatic heterocycles. The topological polar surface area (TPSA) is 83.0 Å². The van der Waals surface area contributed by atoms with Gasteiger partial charge in [-0.1, -0.05) is 41.6 Å². The summed E-state index contributed by atoms with van der Waals surface area (Å²) in [4.78, 5) is 18.1. The van der Waals surface area contributed by atoms with Crippen molar-refractivity contribution in [1.82, 2.24) is 19.7 Å². The van der Waals surface area contributed by atoms with Gasteiger partial charge in [-0.2, -0.15) is 0 Å². The minimum absolute atomic E-state index is 0.00185. The quantitative estimate of drug-likeness (QED) is 0.286. The van der Waals surface area contributed by atoms with Crippen LogP contribution in [0.25, 0.3) is 22.4 Å². The highest BCUT2D eigenvalue weighted by Crippen LogP contribution is 2.35. The fourth-order valence-corrected chi connectivity index (χ4v) is 4.84. The molecule has 0 spiro atoms. The maximum Gasteiger partial charge on any atom is 0.262 e. The van der Waals surface area contributed by atoms with Crippen LogP contribution in [-0.4, -0.2) is 32.5 Å². The molecule has 9 heteroatoms. The lowest BCUT2D eigenvalue weighted by Gasteiger charge is -2.17. The summed E-state index contributed by atoms with van der Waals surface area (Å²) in [6.45, 7) is 3.13. The van der Waals surface area contributed by atoms with Crippen molar-refractivity contribution in [2.24, 2.45) is 0 Å². The van der Waals surface area contributed by atoms with Crippen LogP contribution in [0, 0.1) is 0 Å². The number of rotatable bonds is 6. The molecule has 1 aliphatic rings. The number of hydrogen-bond acceptors (Lipinski definition) is 7. The zero-order valence-electron chi connectivity index (χ0n) is 17.4. The van der Waals surface area contributed by atoms with E-state index in [-0.39, 0.29) is 16.9 Å². The van der Waals surface area contributed by atoms with Gasteiger partial charge in [0.05, 0.1) is 28.8 Å². The highest BCUT2D eigenvalue weighted by Gasteiger charge is 2.23. The Labute approximate surface area is 193 Å². The van der Waals surface area contributed by atoms with E-state index < -0.39 is 0 Å². The zero-order valence-corrected chi connectivity index (χ0v) is 19.0. The molecule has 32 heavy (non-hydrogen) atoms. The average Bonchev–Trinajstić information content (AvgIpc) is 3.49. The second kappa shape index (κ2) is 9.05. The van der Waals surface area contributed by atoms with Crippen LogP contribution in [0.1, 0.15) is 30.9 Å². The van der Waals surface area contributed by atoms with Crippen LogP contribution < -0.4 is 5.56 Å². The lowest BCUT2D eigenvalue weighted by molar-refractivity contribution is 0.0937. The first kappa shape index (κ1) is 21.2. The predicted octanol–water partition coefficient (Wildman–Crippen LogP) is 5.13. The van der Waals surface area contributed by atoms with E-state index >= 15 is 0 Å². The van der Waals surface area contributed by atoms with Crippen LogP contribution in [0.3, 0.4) is 0 Å². The van der Waals surface area contributed by atoms with Gasteiger partial charge >= 0.3 is 0 Å². The summed E-state index contributed by atoms with van der Waals surface area (Å²) in [6.07, 6.45) is 1.93. The Morgan fingerprint density at radius 1 is 1.22 bits per heavy atom. The van der Waals surface area contributed by atoms with Crippen LogP contribution >= 0.6 is 23.4 Å². The van der Waals surface area contributed by atoms with E-state index in [1.54, 1.807) is 22.8 Å². The molecule has 1 fully saturated rings. The molecular formula is C23H21ClN4O3S. The Morgan fingerprint density at radius 2 is 2.06 bits per heavy atom. The molecule has 164 valence electrons. The number of hydrogen-bond donors (Lipinski definition) is 0. The van der Waals surface area contributed by atoms with E-state index in [1.165, 1.54) is 11.8 Å². The summed E-state index contributed by atoms with van der Waals surface area (Å²) < 4.78 is 13.4. The van der Waals surface area contributed by atoms with Crippen molar-refractivity contribution in [3.05, 3.63) is 69.8 Å². The monoisotopic (exact) mass is 468 g/mol. The molecule has 0 radical (unpaired) electrons. The van der Waals surface area contributed by atoms with Crippen molar-refractivity contribution in [2.45, 2.75) is 42.8 Å². The third-order valence-electron chi connectivity index (χ3n) is 5.38. The molecule has 5 rings (SSSR count). The van der Waals surface area contributed by atoms with Gasteiger partial charge in [-0.05, 0) is 50.1 Å². The van der Waals surface area contributed by atoms with Gasteiger partial charge in [0.25, 0.3) is 5.56 Å². The van der Waals surface area contributed by atoms with E-state index in [0.717, 1.165) is 25.0 Å². The standard InChI is InChI=1S/C23H21ClN4O3S/c1-14(20-26-27-21(31-20)15-6-3-2-4-7-15)32-23-25-19-12-16(24)9-10-18(19)22(29)28(23)13-17-8-5-11-30-17/h2-4,6-7,9-10,12,14,17H,5,8,11,13H2,1H3/t14-,17-/m1/s1. The molecule has 2 atom stereocenters. The fraction of sp³-hybridized carbons (Fsp3) is 0.304. The summed E-state index contributed by atoms with van der Waals surface area (Å²) in [7, 11) is 0. The summed E-state index contributed by atoms with van der Waals surface area (Å²) >= 11 is 7.56. The minimum Gasteiger partial charge on any atom is -0.419 e. The van der Waals surface area contributed by atoms with Gasteiger partial charge in [-0.25, -0.2) is 4.98 Å². The predicted molar refractivity (Wildman–Crippen MR) is 124 cm³/mol. The van der Waals surface area contributed by atoms with E-state index in [4.69, 9.17) is 25.7 Å². The van der Waals surface area contributed by atoms with Crippen LogP contribution in [0.15, 0.2) is 62.9 Å². The number of thioether (sulfide) groups is 1. The number of nitrogens with zero attached hydrogens (tertiary/aromatic N) is 4. The molecule has 0 amide bonds. The lowest BCUT2D eigenvalue weighted by Crippen LogP contribution is -2.29. The first-order chi connectivity index (χ1) is 15.6. The molecule has 0 unspecified atom stereocenters. The summed E-state index contributed by atoms with van der Waals surface area (Å²) in [5.74, 6) is 0.931. The highest BCUT2D eigenvalue weighted by molar-refractivity contribution is 7.99. The van der Waals surface area contributed by atoms with Crippen molar-refractivity contribution in [3.63, 3.8) is 0 Å². The second-order valence-electron chi connectivity index (χ2n) is 7.68. The number of halogens is 1. The van der Waals surface area contributed by atoms with Crippen LogP contribution in [0.2, 0.25) is 5.02 Å². The Balaban J connectivity index is 1.49. The van der Waals surface area contributed by atoms with Gasteiger partial charge in [0, 0.05) is 17.2 Å². The largest absolute Gasteiger partial charge is 0.419 e. The molecule has 7 nitrogen and oxygen atoms in total. The normalized spacial score (nSPS) is 17.1. The first-order valence-electron chi connectivity index (χ1n) is 10.5. The van der Waals surface area contributed by atoms with Crippen molar-refractivity contribution < 1.29 is 9.15 Å². The molecule has 3 heterocycles. The van der Waals surface area contributed by atoms with Gasteiger partial charge in [-0.15, -0.1) is 10.2 Å². The second-order valence-corrected chi connectivity index (χ2v) is 9.42. The lowest BCUT2D eigenvalue weighted by atomic mass is 10.2. The molecule has 2 aromatic carbocycles. The number of benzene rings is 2. The minimum atomic E-state index is -0.209. The third kappa shape index (κ3) is 4.30. The Morgan fingerprint density at radius 3 is 2.84 bits per heavy atom. The van der Waals surface area contributed by atoms with Gasteiger partial charge in [-0.3, -0.25) is 9.36 Å². The van der Waals surface area contributed by atoms with Gasteiger partial charge in [0.15, 0.2) is 5.16 Å². The number of ether oxygens (including phenoxy) is 1. The number of fused-ring (bicyclic) bond motifs is 1. The van der Waals surface area contributed by atoms with Crippen LogP contribution in [-0.2, 0) is 11.3 Å². The smallest absolute Gasteiger partial charge is 0.262 e. The maximum absolute atomic E-state index is 13.3. The summed E-state index contributed by atoms with van der Waals surface area (Å²) in [5.41, 5.74) is 1.32. The van der Waals surface area contributed by atoms with Crippen molar-refractivity contribution in [2.75, 3.05) is 6.61 Å². The third-order valence-corrected chi connectivity index (χ3v) is 6.70. The van der Waals surface area contributed by atoms with Gasteiger partial charge < -0.3 is 9.15 Å². The zero-order chi connectivity index (χ0) is 22.1. The fourth-order valence-electron chi connectivity index (χ4n) is 3.72. The van der Waals surface area contributed by atoms with E-state index in [1.807, 2.05) is 37.3 Å². The molecule has 1 saturated heterocycles. The molecular weight excluding hydrogens is 448 g/mol. The first-order valence-corrected chi connectivity index (χ1v) is 11.7. The molecule has 0 N–H and O–H groups in total. The van der Waals surface area contributed by atoms with E-state index in [9.17, 15) is 4.79 Å². The van der Waals surface area contributed by atoms with Gasteiger partial charge in [0.2, 0.25) is 11.8 Å². The molecule has 1 aliphatic heterocycles. The highest BCUT2D eigenvalue weighted by atomic mass is 35.5. The van der Waals surface area contributed by atoms with Crippen LogP contribution in [0.5, 0.6) is 0 Å². The van der Waals surface area contributed by atoms with Crippen LogP contribution in [0.4, 0.5) is 0 Å². The summed E-state index contributed by atoms with van der Waals surface area (Å²) in [6, 6.07) is 14.8. The Kier molecular flexibility index (Phi) is 5.99. The molecule has 0 saturated carbocycles. The Bertz CT molecular complexity index is 1300. The Hall–Kier alpha value is -2.68. The van der Waals surface area contributed by atoms with E-state index in [2.05, 4.69) is 10.2 Å². The average molecular weight is 469 g/mol. The van der Waals surface area contributed by atoms with Crippen molar-refractivity contribution in [1.29, 1.82) is 0 Å². The molecule has 0 bridgehead atoms. The summed E-state index contributed by atoms with van der Waals surface area (Å²) in [5, 5.41) is 9.84. The molecule has 4 aromatic rings. The van der Waals surface area contributed by atoms with Crippen molar-refractivity contribution >= 4 is 34.3 Å². The molecule has 0 aliphatic carbocycles.